The Morgan fingerprint density at radius 1 is 1.24 bits per heavy atom. The van der Waals surface area contributed by atoms with Crippen molar-refractivity contribution in [3.8, 4) is 5.75 Å². The lowest BCUT2D eigenvalue weighted by Crippen LogP contribution is -2.43. The minimum absolute atomic E-state index is 0.215. The van der Waals surface area contributed by atoms with Gasteiger partial charge in [0.1, 0.15) is 11.3 Å². The lowest BCUT2D eigenvalue weighted by molar-refractivity contribution is -0.385. The van der Waals surface area contributed by atoms with Gasteiger partial charge in [0.15, 0.2) is 6.61 Å². The number of carbonyl (C=O) groups excluding carboxylic acids is 4. The van der Waals surface area contributed by atoms with Crippen molar-refractivity contribution in [1.29, 1.82) is 0 Å². The molecule has 0 aromatic heterocycles. The Bertz CT molecular complexity index is 1160. The van der Waals surface area contributed by atoms with Gasteiger partial charge in [-0.25, -0.2) is 0 Å². The third kappa shape index (κ3) is 5.78. The molecule has 2 aromatic rings. The van der Waals surface area contributed by atoms with Crippen LogP contribution in [0.2, 0.25) is 5.02 Å². The summed E-state index contributed by atoms with van der Waals surface area (Å²) in [7, 11) is 1.41. The quantitative estimate of drug-likeness (QED) is 0.323. The summed E-state index contributed by atoms with van der Waals surface area (Å²) in [6, 6.07) is 9.85. The number of rotatable bonds is 8. The second-order valence-electron chi connectivity index (χ2n) is 7.12. The molecule has 178 valence electrons. The molecular formula is C21H19ClN4O8. The van der Waals surface area contributed by atoms with E-state index in [-0.39, 0.29) is 24.2 Å². The number of nitro benzene ring substituents is 1. The molecule has 2 N–H and O–H groups in total. The number of hydrogen-bond donors (Lipinski definition) is 2. The highest BCUT2D eigenvalue weighted by atomic mass is 35.5. The van der Waals surface area contributed by atoms with Crippen molar-refractivity contribution in [3.05, 3.63) is 63.2 Å². The van der Waals surface area contributed by atoms with E-state index in [1.54, 1.807) is 12.1 Å². The molecule has 0 aliphatic carbocycles. The summed E-state index contributed by atoms with van der Waals surface area (Å²) in [5.41, 5.74) is 1.89. The number of anilines is 1. The largest absolute Gasteiger partial charge is 0.495 e. The summed E-state index contributed by atoms with van der Waals surface area (Å²) >= 11 is 5.91. The lowest BCUT2D eigenvalue weighted by atomic mass is 10.1. The maximum atomic E-state index is 12.4. The van der Waals surface area contributed by atoms with E-state index in [4.69, 9.17) is 21.1 Å². The molecule has 1 heterocycles. The second-order valence-corrected chi connectivity index (χ2v) is 7.56. The average molecular weight is 491 g/mol. The minimum Gasteiger partial charge on any atom is -0.495 e. The summed E-state index contributed by atoms with van der Waals surface area (Å²) < 4.78 is 10.1. The molecule has 0 radical (unpaired) electrons. The van der Waals surface area contributed by atoms with Crippen LogP contribution in [-0.2, 0) is 19.1 Å². The first-order chi connectivity index (χ1) is 16.2. The van der Waals surface area contributed by atoms with Crippen LogP contribution in [0.5, 0.6) is 5.75 Å². The fourth-order valence-electron chi connectivity index (χ4n) is 3.20. The molecule has 0 unspecified atom stereocenters. The van der Waals surface area contributed by atoms with Gasteiger partial charge in [0.25, 0.3) is 17.5 Å². The lowest BCUT2D eigenvalue weighted by Gasteiger charge is -2.17. The number of nitrogens with zero attached hydrogens (tertiary/aromatic N) is 2. The summed E-state index contributed by atoms with van der Waals surface area (Å²) in [6.45, 7) is -0.838. The zero-order valence-corrected chi connectivity index (χ0v) is 18.5. The summed E-state index contributed by atoms with van der Waals surface area (Å²) in [5.74, 6) is -3.50. The van der Waals surface area contributed by atoms with E-state index in [9.17, 15) is 29.3 Å². The second kappa shape index (κ2) is 10.6. The van der Waals surface area contributed by atoms with Crippen LogP contribution in [0.3, 0.4) is 0 Å². The van der Waals surface area contributed by atoms with Gasteiger partial charge in [0.2, 0.25) is 5.91 Å². The highest BCUT2D eigenvalue weighted by Crippen LogP contribution is 2.27. The van der Waals surface area contributed by atoms with Gasteiger partial charge in [-0.3, -0.25) is 39.7 Å². The number of methoxy groups -OCH3 is 1. The number of ether oxygens (including phenoxy) is 2. The first kappa shape index (κ1) is 24.5. The molecule has 0 saturated carbocycles. The number of halogens is 1. The Hall–Kier alpha value is -4.19. The minimum atomic E-state index is -0.938. The maximum absolute atomic E-state index is 12.4. The monoisotopic (exact) mass is 490 g/mol. The molecule has 3 rings (SSSR count). The number of benzene rings is 2. The van der Waals surface area contributed by atoms with Crippen molar-refractivity contribution in [2.24, 2.45) is 5.92 Å². The Morgan fingerprint density at radius 2 is 1.97 bits per heavy atom. The number of hydrazine groups is 1. The van der Waals surface area contributed by atoms with E-state index >= 15 is 0 Å². The van der Waals surface area contributed by atoms with Crippen LogP contribution in [0.25, 0.3) is 0 Å². The number of amides is 3. The van der Waals surface area contributed by atoms with Gasteiger partial charge in [0, 0.05) is 17.5 Å². The van der Waals surface area contributed by atoms with Gasteiger partial charge in [-0.15, -0.1) is 0 Å². The molecule has 1 atom stereocenters. The summed E-state index contributed by atoms with van der Waals surface area (Å²) in [6.07, 6.45) is -0.264. The van der Waals surface area contributed by atoms with E-state index in [0.717, 1.165) is 11.1 Å². The molecule has 1 aliphatic rings. The molecule has 12 nitrogen and oxygen atoms in total. The van der Waals surface area contributed by atoms with Crippen LogP contribution < -0.4 is 15.5 Å². The predicted molar refractivity (Wildman–Crippen MR) is 118 cm³/mol. The van der Waals surface area contributed by atoms with Gasteiger partial charge in [-0.2, -0.15) is 0 Å². The standard InChI is InChI=1S/C21H19ClN4O8/c1-33-17-7-6-13(22)9-15(17)23-18(27)11-34-21(30)12-8-19(28)25(10-12)24-20(29)14-4-2-3-5-16(14)26(31)32/h2-7,9,12H,8,10-11H2,1H3,(H,23,27)(H,24,29)/t12-/m0/s1. The van der Waals surface area contributed by atoms with Gasteiger partial charge in [-0.05, 0) is 24.3 Å². The molecule has 1 aliphatic heterocycles. The first-order valence-electron chi connectivity index (χ1n) is 9.84. The molecule has 3 amide bonds. The number of esters is 1. The molecule has 0 spiro atoms. The van der Waals surface area contributed by atoms with E-state index in [1.165, 1.54) is 31.4 Å². The number of carbonyl (C=O) groups is 4. The summed E-state index contributed by atoms with van der Waals surface area (Å²) in [5, 5.41) is 14.9. The van der Waals surface area contributed by atoms with Gasteiger partial charge >= 0.3 is 5.97 Å². The van der Waals surface area contributed by atoms with Gasteiger partial charge in [-0.1, -0.05) is 23.7 Å². The van der Waals surface area contributed by atoms with Crippen LogP contribution in [0.15, 0.2) is 42.5 Å². The topological polar surface area (TPSA) is 157 Å². The zero-order chi connectivity index (χ0) is 24.8. The Morgan fingerprint density at radius 3 is 2.68 bits per heavy atom. The van der Waals surface area contributed by atoms with E-state index < -0.39 is 46.8 Å². The van der Waals surface area contributed by atoms with E-state index in [2.05, 4.69) is 10.7 Å². The molecule has 1 fully saturated rings. The third-order valence-electron chi connectivity index (χ3n) is 4.82. The van der Waals surface area contributed by atoms with Crippen LogP contribution in [-0.4, -0.2) is 53.9 Å². The van der Waals surface area contributed by atoms with Crippen molar-refractivity contribution in [1.82, 2.24) is 10.4 Å². The SMILES string of the molecule is COc1ccc(Cl)cc1NC(=O)COC(=O)[C@H]1CC(=O)N(NC(=O)c2ccccc2[N+](=O)[O-])C1. The van der Waals surface area contributed by atoms with Gasteiger partial charge in [0.05, 0.1) is 30.2 Å². The van der Waals surface area contributed by atoms with Crippen LogP contribution in [0, 0.1) is 16.0 Å². The van der Waals surface area contributed by atoms with Crippen molar-refractivity contribution in [2.45, 2.75) is 6.42 Å². The Balaban J connectivity index is 1.54. The van der Waals surface area contributed by atoms with E-state index in [1.807, 2.05) is 0 Å². The predicted octanol–water partition coefficient (Wildman–Crippen LogP) is 1.93. The number of hydrogen-bond acceptors (Lipinski definition) is 8. The summed E-state index contributed by atoms with van der Waals surface area (Å²) in [4.78, 5) is 59.5. The molecule has 0 bridgehead atoms. The van der Waals surface area contributed by atoms with Crippen LogP contribution in [0.4, 0.5) is 11.4 Å². The third-order valence-corrected chi connectivity index (χ3v) is 5.06. The van der Waals surface area contributed by atoms with Crippen molar-refractivity contribution in [2.75, 3.05) is 25.6 Å². The molecule has 34 heavy (non-hydrogen) atoms. The first-order valence-corrected chi connectivity index (χ1v) is 10.2. The molecule has 1 saturated heterocycles. The fraction of sp³-hybridized carbons (Fsp3) is 0.238. The Kier molecular flexibility index (Phi) is 7.64. The zero-order valence-electron chi connectivity index (χ0n) is 17.8. The van der Waals surface area contributed by atoms with Crippen LogP contribution >= 0.6 is 11.6 Å². The van der Waals surface area contributed by atoms with Crippen molar-refractivity contribution >= 4 is 46.7 Å². The average Bonchev–Trinajstić information content (AvgIpc) is 3.17. The normalized spacial score (nSPS) is 14.9. The smallest absolute Gasteiger partial charge is 0.311 e. The number of nitrogens with one attached hydrogen (secondary N) is 2. The number of nitro groups is 1. The van der Waals surface area contributed by atoms with Crippen LogP contribution in [0.1, 0.15) is 16.8 Å². The highest BCUT2D eigenvalue weighted by Gasteiger charge is 2.37. The van der Waals surface area contributed by atoms with Crippen molar-refractivity contribution in [3.63, 3.8) is 0 Å². The van der Waals surface area contributed by atoms with Gasteiger partial charge < -0.3 is 14.8 Å². The molecular weight excluding hydrogens is 472 g/mol. The maximum Gasteiger partial charge on any atom is 0.311 e. The highest BCUT2D eigenvalue weighted by molar-refractivity contribution is 6.31. The number of para-hydroxylation sites is 1. The molecule has 2 aromatic carbocycles. The molecule has 13 heteroatoms. The van der Waals surface area contributed by atoms with E-state index in [0.29, 0.717) is 10.8 Å². The van der Waals surface area contributed by atoms with Crippen molar-refractivity contribution < 1.29 is 33.6 Å². The Labute approximate surface area is 197 Å². The fourth-order valence-corrected chi connectivity index (χ4v) is 3.37.